The monoisotopic (exact) mass is 553 g/mol. The quantitative estimate of drug-likeness (QED) is 0.328. The molecule has 0 radical (unpaired) electrons. The third-order valence-corrected chi connectivity index (χ3v) is 7.04. The lowest BCUT2D eigenvalue weighted by Crippen LogP contribution is -2.53. The van der Waals surface area contributed by atoms with Crippen LogP contribution in [0.5, 0.6) is 0 Å². The Kier molecular flexibility index (Phi) is 7.65. The van der Waals surface area contributed by atoms with Crippen LogP contribution < -0.4 is 10.2 Å². The van der Waals surface area contributed by atoms with E-state index < -0.39 is 12.7 Å². The van der Waals surface area contributed by atoms with Gasteiger partial charge in [0.1, 0.15) is 24.5 Å². The molecule has 12 heteroatoms. The third-order valence-electron chi connectivity index (χ3n) is 7.04. The molecule has 4 aromatic rings. The second kappa shape index (κ2) is 11.0. The van der Waals surface area contributed by atoms with Crippen molar-refractivity contribution in [2.45, 2.75) is 39.0 Å². The van der Waals surface area contributed by atoms with Crippen molar-refractivity contribution in [1.29, 1.82) is 0 Å². The predicted molar refractivity (Wildman–Crippen MR) is 151 cm³/mol. The number of hydrogen-bond donors (Lipinski definition) is 2. The topological polar surface area (TPSA) is 89.1 Å². The van der Waals surface area contributed by atoms with Gasteiger partial charge in [0.2, 0.25) is 5.95 Å². The number of hydrogen-bond acceptors (Lipinski definition) is 8. The van der Waals surface area contributed by atoms with Gasteiger partial charge in [0.25, 0.3) is 0 Å². The van der Waals surface area contributed by atoms with E-state index in [0.29, 0.717) is 17.5 Å². The van der Waals surface area contributed by atoms with E-state index in [9.17, 15) is 13.2 Å². The van der Waals surface area contributed by atoms with Gasteiger partial charge in [-0.3, -0.25) is 9.80 Å². The molecule has 4 heterocycles. The van der Waals surface area contributed by atoms with Crippen molar-refractivity contribution in [3.8, 4) is 11.3 Å². The van der Waals surface area contributed by atoms with Crippen LogP contribution in [0.15, 0.2) is 48.9 Å². The summed E-state index contributed by atoms with van der Waals surface area (Å²) in [6.07, 6.45) is -1.26. The average Bonchev–Trinajstić information content (AvgIpc) is 3.29. The number of aromatic nitrogens is 5. The minimum absolute atomic E-state index is 0.191. The van der Waals surface area contributed by atoms with Crippen LogP contribution in [0, 0.1) is 0 Å². The molecule has 1 aliphatic rings. The third kappa shape index (κ3) is 6.86. The summed E-state index contributed by atoms with van der Waals surface area (Å²) < 4.78 is 38.4. The Balaban J connectivity index is 1.26. The Morgan fingerprint density at radius 1 is 0.975 bits per heavy atom. The van der Waals surface area contributed by atoms with Gasteiger partial charge >= 0.3 is 6.18 Å². The van der Waals surface area contributed by atoms with E-state index >= 15 is 0 Å². The van der Waals surface area contributed by atoms with Gasteiger partial charge in [0.15, 0.2) is 0 Å². The normalized spacial score (nSPS) is 15.5. The molecule has 0 aliphatic carbocycles. The molecule has 5 rings (SSSR count). The molecule has 1 fully saturated rings. The molecule has 0 spiro atoms. The maximum Gasteiger partial charge on any atom is 0.405 e. The van der Waals surface area contributed by atoms with Gasteiger partial charge < -0.3 is 15.2 Å². The van der Waals surface area contributed by atoms with Crippen LogP contribution in [0.2, 0.25) is 0 Å². The molecular weight excluding hydrogens is 519 g/mol. The number of nitrogens with zero attached hydrogens (tertiary/aromatic N) is 7. The number of benzene rings is 1. The highest BCUT2D eigenvalue weighted by Crippen LogP contribution is 2.27. The van der Waals surface area contributed by atoms with Crippen molar-refractivity contribution >= 4 is 28.6 Å². The maximum absolute atomic E-state index is 12.8. The molecule has 2 N–H and O–H groups in total. The summed E-state index contributed by atoms with van der Waals surface area (Å²) >= 11 is 0. The van der Waals surface area contributed by atoms with Crippen LogP contribution in [0.25, 0.3) is 22.3 Å². The largest absolute Gasteiger partial charge is 0.405 e. The first-order chi connectivity index (χ1) is 18.9. The first-order valence-corrected chi connectivity index (χ1v) is 13.2. The number of rotatable bonds is 7. The van der Waals surface area contributed by atoms with E-state index in [1.165, 1.54) is 18.9 Å². The molecule has 1 aromatic carbocycles. The number of H-pyrrole nitrogens is 1. The van der Waals surface area contributed by atoms with E-state index in [1.54, 1.807) is 12.3 Å². The van der Waals surface area contributed by atoms with E-state index in [2.05, 4.69) is 60.8 Å². The molecule has 0 atom stereocenters. The molecule has 0 amide bonds. The van der Waals surface area contributed by atoms with Gasteiger partial charge in [-0.2, -0.15) is 13.2 Å². The van der Waals surface area contributed by atoms with Gasteiger partial charge in [-0.05, 0) is 50.6 Å². The summed E-state index contributed by atoms with van der Waals surface area (Å²) in [5.74, 6) is 1.43. The second-order valence-electron chi connectivity index (χ2n) is 11.2. The molecule has 3 aromatic heterocycles. The number of alkyl halides is 3. The fourth-order valence-corrected chi connectivity index (χ4v) is 4.89. The van der Waals surface area contributed by atoms with Crippen LogP contribution in [-0.2, 0) is 6.54 Å². The van der Waals surface area contributed by atoms with Crippen molar-refractivity contribution < 1.29 is 13.2 Å². The smallest absolute Gasteiger partial charge is 0.350 e. The summed E-state index contributed by atoms with van der Waals surface area (Å²) in [7, 11) is 1.35. The first kappa shape index (κ1) is 27.8. The summed E-state index contributed by atoms with van der Waals surface area (Å²) in [6.45, 7) is 10.7. The van der Waals surface area contributed by atoms with Crippen molar-refractivity contribution in [1.82, 2.24) is 34.7 Å². The van der Waals surface area contributed by atoms with Gasteiger partial charge in [-0.15, -0.1) is 0 Å². The van der Waals surface area contributed by atoms with Crippen LogP contribution in [0.1, 0.15) is 26.3 Å². The van der Waals surface area contributed by atoms with Crippen molar-refractivity contribution in [2.75, 3.05) is 50.0 Å². The molecule has 40 heavy (non-hydrogen) atoms. The van der Waals surface area contributed by atoms with Crippen molar-refractivity contribution in [3.63, 3.8) is 0 Å². The number of aromatic amines is 1. The number of halogens is 3. The second-order valence-corrected chi connectivity index (χ2v) is 11.2. The minimum Gasteiger partial charge on any atom is -0.350 e. The lowest BCUT2D eigenvalue weighted by molar-refractivity contribution is -0.119. The Morgan fingerprint density at radius 2 is 1.75 bits per heavy atom. The Morgan fingerprint density at radius 3 is 2.48 bits per heavy atom. The van der Waals surface area contributed by atoms with Gasteiger partial charge in [0.05, 0.1) is 16.7 Å². The summed E-state index contributed by atoms with van der Waals surface area (Å²) in [6, 6.07) is 11.2. The lowest BCUT2D eigenvalue weighted by Gasteiger charge is -2.42. The molecular formula is C28H34F3N9. The van der Waals surface area contributed by atoms with Crippen molar-refractivity contribution in [3.05, 3.63) is 54.5 Å². The minimum atomic E-state index is -4.33. The highest BCUT2D eigenvalue weighted by molar-refractivity contribution is 5.83. The highest BCUT2D eigenvalue weighted by Gasteiger charge is 2.30. The van der Waals surface area contributed by atoms with E-state index in [1.807, 2.05) is 30.3 Å². The Bertz CT molecular complexity index is 1450. The average molecular weight is 554 g/mol. The first-order valence-electron chi connectivity index (χ1n) is 13.2. The highest BCUT2D eigenvalue weighted by atomic mass is 19.4. The molecule has 0 unspecified atom stereocenters. The van der Waals surface area contributed by atoms with E-state index in [0.717, 1.165) is 54.2 Å². The molecule has 1 saturated heterocycles. The number of pyridine rings is 1. The fraction of sp³-hybridized carbons (Fsp3) is 0.429. The van der Waals surface area contributed by atoms with Crippen LogP contribution >= 0.6 is 0 Å². The molecule has 9 nitrogen and oxygen atoms in total. The SMILES string of the molecule is CN(CC(F)(F)F)c1cc(-c2ccc3nc(Nc4cc(CN5CCN(C(C)(C)C)CC5)ccn4)[nH]c3c2)ncn1. The summed E-state index contributed by atoms with van der Waals surface area (Å²) in [5, 5.41) is 3.26. The standard InChI is InChI=1S/C28H34F3N9/c1-27(2,3)40-11-9-39(10-12-40)16-19-7-8-32-24(13-19)37-26-35-21-6-5-20(14-23(21)36-26)22-15-25(34-18-33-22)38(4)17-28(29,30)31/h5-8,13-15,18H,9-12,16-17H2,1-4H3,(H2,32,35,36,37). The number of nitrogens with one attached hydrogen (secondary N) is 2. The predicted octanol–water partition coefficient (Wildman–Crippen LogP) is 5.07. The zero-order valence-corrected chi connectivity index (χ0v) is 23.1. The molecule has 1 aliphatic heterocycles. The summed E-state index contributed by atoms with van der Waals surface area (Å²) in [5.41, 5.74) is 4.12. The lowest BCUT2D eigenvalue weighted by atomic mass is 10.0. The zero-order valence-electron chi connectivity index (χ0n) is 23.1. The molecule has 0 saturated carbocycles. The van der Waals surface area contributed by atoms with Crippen molar-refractivity contribution in [2.24, 2.45) is 0 Å². The van der Waals surface area contributed by atoms with Crippen LogP contribution in [-0.4, -0.2) is 86.2 Å². The Labute approximate surface area is 231 Å². The molecule has 0 bridgehead atoms. The van der Waals surface area contributed by atoms with Gasteiger partial charge in [-0.25, -0.2) is 19.9 Å². The van der Waals surface area contributed by atoms with E-state index in [4.69, 9.17) is 0 Å². The number of piperazine rings is 1. The maximum atomic E-state index is 12.8. The Hall–Kier alpha value is -3.77. The number of imidazole rings is 1. The van der Waals surface area contributed by atoms with Crippen LogP contribution in [0.4, 0.5) is 30.8 Å². The van der Waals surface area contributed by atoms with E-state index in [-0.39, 0.29) is 11.4 Å². The fourth-order valence-electron chi connectivity index (χ4n) is 4.89. The van der Waals surface area contributed by atoms with Crippen LogP contribution in [0.3, 0.4) is 0 Å². The molecule has 212 valence electrons. The van der Waals surface area contributed by atoms with Gasteiger partial charge in [0, 0.05) is 63.1 Å². The van der Waals surface area contributed by atoms with Gasteiger partial charge in [-0.1, -0.05) is 6.07 Å². The number of fused-ring (bicyclic) bond motifs is 1. The number of anilines is 3. The summed E-state index contributed by atoms with van der Waals surface area (Å²) in [4.78, 5) is 26.6. The zero-order chi connectivity index (χ0) is 28.5.